The molecule has 1 rings (SSSR count). The lowest BCUT2D eigenvalue weighted by atomic mass is 9.94. The zero-order valence-corrected chi connectivity index (χ0v) is 11.5. The third-order valence-corrected chi connectivity index (χ3v) is 2.81. The molecule has 0 saturated carbocycles. The van der Waals surface area contributed by atoms with Gasteiger partial charge in [-0.15, -0.1) is 0 Å². The molecule has 1 heterocycles. The fourth-order valence-corrected chi connectivity index (χ4v) is 1.82. The molecule has 4 amide bonds. The first-order valence-corrected chi connectivity index (χ1v) is 6.21. The van der Waals surface area contributed by atoms with Crippen LogP contribution in [0.3, 0.4) is 0 Å². The highest BCUT2D eigenvalue weighted by Gasteiger charge is 2.27. The maximum Gasteiger partial charge on any atom is 0.322 e. The van der Waals surface area contributed by atoms with Crippen LogP contribution in [0.2, 0.25) is 0 Å². The van der Waals surface area contributed by atoms with Crippen molar-refractivity contribution in [2.45, 2.75) is 32.7 Å². The minimum atomic E-state index is -0.676. The third-order valence-electron chi connectivity index (χ3n) is 2.81. The largest absolute Gasteiger partial charge is 0.384 e. The molecule has 1 saturated heterocycles. The van der Waals surface area contributed by atoms with Crippen LogP contribution in [0.25, 0.3) is 0 Å². The number of carbonyl (C=O) groups is 3. The van der Waals surface area contributed by atoms with Crippen molar-refractivity contribution in [2.24, 2.45) is 5.41 Å². The van der Waals surface area contributed by atoms with Gasteiger partial charge in [0.05, 0.1) is 6.61 Å². The number of urea groups is 1. The molecule has 0 aromatic heterocycles. The molecule has 7 nitrogen and oxygen atoms in total. The second kappa shape index (κ2) is 6.51. The van der Waals surface area contributed by atoms with Crippen LogP contribution in [0.5, 0.6) is 0 Å². The van der Waals surface area contributed by atoms with Crippen molar-refractivity contribution >= 4 is 17.8 Å². The summed E-state index contributed by atoms with van der Waals surface area (Å²) < 4.78 is 5.06. The molecular formula is C12H21N3O4. The van der Waals surface area contributed by atoms with Gasteiger partial charge in [-0.25, -0.2) is 4.79 Å². The molecule has 7 heteroatoms. The van der Waals surface area contributed by atoms with Crippen molar-refractivity contribution in [3.05, 3.63) is 0 Å². The van der Waals surface area contributed by atoms with Gasteiger partial charge in [0.2, 0.25) is 11.8 Å². The zero-order valence-electron chi connectivity index (χ0n) is 11.5. The highest BCUT2D eigenvalue weighted by atomic mass is 16.5. The minimum Gasteiger partial charge on any atom is -0.384 e. The predicted octanol–water partition coefficient (Wildman–Crippen LogP) is -0.237. The highest BCUT2D eigenvalue weighted by molar-refractivity contribution is 5.98. The lowest BCUT2D eigenvalue weighted by molar-refractivity contribution is -0.123. The number of amides is 4. The molecule has 1 aliphatic heterocycles. The van der Waals surface area contributed by atoms with Gasteiger partial charge in [-0.3, -0.25) is 14.9 Å². The van der Waals surface area contributed by atoms with E-state index >= 15 is 0 Å². The van der Waals surface area contributed by atoms with E-state index in [-0.39, 0.29) is 23.7 Å². The molecule has 0 radical (unpaired) electrons. The molecule has 0 bridgehead atoms. The average molecular weight is 271 g/mol. The van der Waals surface area contributed by atoms with E-state index < -0.39 is 12.1 Å². The zero-order chi connectivity index (χ0) is 14.5. The normalized spacial score (nSPS) is 20.3. The molecule has 3 N–H and O–H groups in total. The van der Waals surface area contributed by atoms with Gasteiger partial charge in [0.15, 0.2) is 0 Å². The second-order valence-corrected chi connectivity index (χ2v) is 5.43. The molecule has 108 valence electrons. The molecule has 1 fully saturated rings. The van der Waals surface area contributed by atoms with Crippen molar-refractivity contribution in [1.82, 2.24) is 16.0 Å². The monoisotopic (exact) mass is 271 g/mol. The Balaban J connectivity index is 2.49. The summed E-state index contributed by atoms with van der Waals surface area (Å²) in [5.41, 5.74) is -0.187. The first-order chi connectivity index (χ1) is 8.84. The van der Waals surface area contributed by atoms with E-state index in [1.807, 2.05) is 13.8 Å². The summed E-state index contributed by atoms with van der Waals surface area (Å²) in [4.78, 5) is 34.4. The van der Waals surface area contributed by atoms with Gasteiger partial charge in [-0.1, -0.05) is 13.8 Å². The summed E-state index contributed by atoms with van der Waals surface area (Å²) in [6.45, 7) is 4.89. The van der Waals surface area contributed by atoms with Gasteiger partial charge in [-0.05, 0) is 6.42 Å². The number of rotatable bonds is 5. The molecule has 0 aliphatic carbocycles. The topological polar surface area (TPSA) is 96.5 Å². The van der Waals surface area contributed by atoms with Gasteiger partial charge < -0.3 is 15.4 Å². The molecule has 1 aliphatic rings. The first kappa shape index (κ1) is 15.4. The van der Waals surface area contributed by atoms with Crippen LogP contribution in [0.1, 0.15) is 26.7 Å². The molecule has 0 unspecified atom stereocenters. The summed E-state index contributed by atoms with van der Waals surface area (Å²) >= 11 is 0. The molecule has 19 heavy (non-hydrogen) atoms. The minimum absolute atomic E-state index is 0.151. The van der Waals surface area contributed by atoms with Gasteiger partial charge in [-0.2, -0.15) is 0 Å². The van der Waals surface area contributed by atoms with Crippen molar-refractivity contribution < 1.29 is 19.1 Å². The van der Waals surface area contributed by atoms with E-state index in [1.165, 1.54) is 0 Å². The van der Waals surface area contributed by atoms with Crippen LogP contribution in [-0.4, -0.2) is 44.1 Å². The Morgan fingerprint density at radius 3 is 2.79 bits per heavy atom. The van der Waals surface area contributed by atoms with Gasteiger partial charge in [0.25, 0.3) is 0 Å². The standard InChI is InChI=1S/C12H21N3O4/c1-12(2,7-19-3)6-13-10(17)8-4-5-9(16)15-11(18)14-8/h8H,4-7H2,1-3H3,(H,13,17)(H2,14,15,16,18)/t8-/m1/s1. The van der Waals surface area contributed by atoms with Crippen LogP contribution in [0.4, 0.5) is 4.79 Å². The summed E-state index contributed by atoms with van der Waals surface area (Å²) in [7, 11) is 1.60. The lowest BCUT2D eigenvalue weighted by Gasteiger charge is -2.25. The summed E-state index contributed by atoms with van der Waals surface area (Å²) in [6, 6.07) is -1.30. The van der Waals surface area contributed by atoms with Crippen molar-refractivity contribution in [3.8, 4) is 0 Å². The first-order valence-electron chi connectivity index (χ1n) is 6.21. The number of methoxy groups -OCH3 is 1. The number of carbonyl (C=O) groups excluding carboxylic acids is 3. The molecule has 0 aromatic carbocycles. The number of ether oxygens (including phenoxy) is 1. The maximum absolute atomic E-state index is 11.9. The van der Waals surface area contributed by atoms with E-state index in [1.54, 1.807) is 7.11 Å². The van der Waals surface area contributed by atoms with Crippen LogP contribution >= 0.6 is 0 Å². The van der Waals surface area contributed by atoms with Crippen LogP contribution < -0.4 is 16.0 Å². The van der Waals surface area contributed by atoms with Crippen molar-refractivity contribution in [2.75, 3.05) is 20.3 Å². The molecular weight excluding hydrogens is 250 g/mol. The Kier molecular flexibility index (Phi) is 5.29. The Morgan fingerprint density at radius 1 is 1.47 bits per heavy atom. The Morgan fingerprint density at radius 2 is 2.16 bits per heavy atom. The highest BCUT2D eigenvalue weighted by Crippen LogP contribution is 2.13. The van der Waals surface area contributed by atoms with E-state index in [2.05, 4.69) is 16.0 Å². The van der Waals surface area contributed by atoms with E-state index in [0.29, 0.717) is 19.6 Å². The lowest BCUT2D eigenvalue weighted by Crippen LogP contribution is -2.50. The molecule has 0 spiro atoms. The Labute approximate surface area is 112 Å². The average Bonchev–Trinajstić information content (AvgIpc) is 2.47. The summed E-state index contributed by atoms with van der Waals surface area (Å²) in [5, 5.41) is 7.36. The Hall–Kier alpha value is -1.63. The fraction of sp³-hybridized carbons (Fsp3) is 0.750. The third kappa shape index (κ3) is 5.25. The van der Waals surface area contributed by atoms with Gasteiger partial charge in [0.1, 0.15) is 6.04 Å². The number of hydrogen-bond donors (Lipinski definition) is 3. The SMILES string of the molecule is COCC(C)(C)CNC(=O)[C@H]1CCC(=O)NC(=O)N1. The van der Waals surface area contributed by atoms with Crippen LogP contribution in [0, 0.1) is 5.41 Å². The number of nitrogens with one attached hydrogen (secondary N) is 3. The molecule has 1 atom stereocenters. The smallest absolute Gasteiger partial charge is 0.322 e. The second-order valence-electron chi connectivity index (χ2n) is 5.43. The molecule has 0 aromatic rings. The quantitative estimate of drug-likeness (QED) is 0.643. The van der Waals surface area contributed by atoms with Crippen LogP contribution in [0.15, 0.2) is 0 Å². The van der Waals surface area contributed by atoms with Crippen molar-refractivity contribution in [3.63, 3.8) is 0 Å². The van der Waals surface area contributed by atoms with E-state index in [9.17, 15) is 14.4 Å². The number of imide groups is 1. The maximum atomic E-state index is 11.9. The Bertz CT molecular complexity index is 368. The van der Waals surface area contributed by atoms with E-state index in [0.717, 1.165) is 0 Å². The summed E-state index contributed by atoms with van der Waals surface area (Å²) in [6.07, 6.45) is 0.451. The van der Waals surface area contributed by atoms with E-state index in [4.69, 9.17) is 4.74 Å². The van der Waals surface area contributed by atoms with Gasteiger partial charge >= 0.3 is 6.03 Å². The van der Waals surface area contributed by atoms with Crippen molar-refractivity contribution in [1.29, 1.82) is 0 Å². The van der Waals surface area contributed by atoms with Crippen LogP contribution in [-0.2, 0) is 14.3 Å². The fourth-order valence-electron chi connectivity index (χ4n) is 1.82. The predicted molar refractivity (Wildman–Crippen MR) is 68.4 cm³/mol. The van der Waals surface area contributed by atoms with Gasteiger partial charge in [0, 0.05) is 25.5 Å². The number of hydrogen-bond acceptors (Lipinski definition) is 4. The summed E-state index contributed by atoms with van der Waals surface area (Å²) in [5.74, 6) is -0.651.